The van der Waals surface area contributed by atoms with Crippen LogP contribution in [0.1, 0.15) is 13.3 Å². The minimum atomic E-state index is -4.46. The standard InChI is InChI=1S/C56H51N3O7S2.Cs/c1-38(68(60,61)62)34-35-57-53-32-10-41(39-6-12-43(13-7-39)58(45-16-24-49(63-2)25-17-45)46-18-26-50(64-3)27-19-46)36-55(53)67-56-37-42(11-33-54(56)57)40-8-14-44(15-9-40)59(47-20-28-51(65-4)29-21-47)48-22-30-52(66-5)31-23-48;/h6-33,36-38H,34-35H2,1-5H3,(H,60,61,62);/q;+1/p-1. The first-order valence-electron chi connectivity index (χ1n) is 22.1. The third kappa shape index (κ3) is 11.2. The third-order valence-electron chi connectivity index (χ3n) is 12.2. The fourth-order valence-corrected chi connectivity index (χ4v) is 9.94. The molecule has 0 N–H and O–H groups in total. The number of anilines is 8. The van der Waals surface area contributed by atoms with Crippen LogP contribution in [-0.4, -0.2) is 53.2 Å². The molecule has 0 amide bonds. The van der Waals surface area contributed by atoms with Crippen molar-refractivity contribution >= 4 is 67.4 Å². The Morgan fingerprint density at radius 3 is 1.01 bits per heavy atom. The first-order chi connectivity index (χ1) is 33.0. The summed E-state index contributed by atoms with van der Waals surface area (Å²) in [6.45, 7) is 1.83. The van der Waals surface area contributed by atoms with E-state index >= 15 is 0 Å². The Labute approximate surface area is 468 Å². The summed E-state index contributed by atoms with van der Waals surface area (Å²) in [6.07, 6.45) is 0.180. The molecule has 13 heteroatoms. The number of rotatable bonds is 16. The van der Waals surface area contributed by atoms with Crippen molar-refractivity contribution in [3.05, 3.63) is 182 Å². The summed E-state index contributed by atoms with van der Waals surface area (Å²) < 4.78 is 57.9. The van der Waals surface area contributed by atoms with Crippen molar-refractivity contribution in [2.45, 2.75) is 28.4 Å². The number of fused-ring (bicyclic) bond motifs is 2. The molecule has 69 heavy (non-hydrogen) atoms. The Hall–Kier alpha value is -5.33. The van der Waals surface area contributed by atoms with E-state index < -0.39 is 15.4 Å². The largest absolute Gasteiger partial charge is 1.00 e. The molecule has 10 nitrogen and oxygen atoms in total. The Morgan fingerprint density at radius 2 is 0.739 bits per heavy atom. The molecule has 1 unspecified atom stereocenters. The van der Waals surface area contributed by atoms with E-state index in [1.807, 2.05) is 97.1 Å². The van der Waals surface area contributed by atoms with Crippen LogP contribution in [0.25, 0.3) is 22.3 Å². The second-order valence-electron chi connectivity index (χ2n) is 16.3. The van der Waals surface area contributed by atoms with Gasteiger partial charge in [0, 0.05) is 55.7 Å². The molecule has 0 aliphatic carbocycles. The van der Waals surface area contributed by atoms with Crippen LogP contribution in [0.15, 0.2) is 192 Å². The summed E-state index contributed by atoms with van der Waals surface area (Å²) in [5, 5.41) is -1.04. The molecule has 1 aliphatic rings. The van der Waals surface area contributed by atoms with Crippen LogP contribution in [0, 0.1) is 0 Å². The van der Waals surface area contributed by atoms with Gasteiger partial charge in [0.1, 0.15) is 23.0 Å². The van der Waals surface area contributed by atoms with Crippen LogP contribution in [-0.2, 0) is 10.1 Å². The predicted molar refractivity (Wildman–Crippen MR) is 274 cm³/mol. The average molecular weight is 1070 g/mol. The zero-order valence-corrected chi connectivity index (χ0v) is 47.2. The minimum absolute atomic E-state index is 0. The molecule has 0 bridgehead atoms. The van der Waals surface area contributed by atoms with Gasteiger partial charge in [-0.2, -0.15) is 0 Å². The Morgan fingerprint density at radius 1 is 0.464 bits per heavy atom. The number of ether oxygens (including phenoxy) is 4. The number of nitrogens with zero attached hydrogens (tertiary/aromatic N) is 3. The molecule has 344 valence electrons. The van der Waals surface area contributed by atoms with Gasteiger partial charge in [0.15, 0.2) is 0 Å². The van der Waals surface area contributed by atoms with E-state index in [1.165, 1.54) is 6.92 Å². The molecule has 1 heterocycles. The normalized spacial score (nSPS) is 12.2. The number of hydrogen-bond donors (Lipinski definition) is 0. The van der Waals surface area contributed by atoms with Gasteiger partial charge < -0.3 is 38.2 Å². The van der Waals surface area contributed by atoms with Crippen LogP contribution in [0.5, 0.6) is 23.0 Å². The molecule has 0 radical (unpaired) electrons. The van der Waals surface area contributed by atoms with Gasteiger partial charge in [0.05, 0.1) is 49.9 Å². The maximum Gasteiger partial charge on any atom is 1.00 e. The average Bonchev–Trinajstić information content (AvgIpc) is 3.38. The Kier molecular flexibility index (Phi) is 16.1. The zero-order valence-electron chi connectivity index (χ0n) is 39.3. The van der Waals surface area contributed by atoms with Crippen molar-refractivity contribution in [1.82, 2.24) is 0 Å². The van der Waals surface area contributed by atoms with Gasteiger partial charge in [0.2, 0.25) is 0 Å². The molecular formula is C56H50CsN3O7S2. The Bertz CT molecular complexity index is 2830. The first kappa shape index (κ1) is 50.1. The molecule has 1 aliphatic heterocycles. The fourth-order valence-electron chi connectivity index (χ4n) is 8.37. The van der Waals surface area contributed by atoms with E-state index in [9.17, 15) is 13.0 Å². The van der Waals surface area contributed by atoms with Gasteiger partial charge in [0.25, 0.3) is 0 Å². The van der Waals surface area contributed by atoms with Gasteiger partial charge in [-0.25, -0.2) is 8.42 Å². The van der Waals surface area contributed by atoms with Crippen LogP contribution in [0.3, 0.4) is 0 Å². The molecule has 0 saturated heterocycles. The van der Waals surface area contributed by atoms with E-state index in [1.54, 1.807) is 40.2 Å². The van der Waals surface area contributed by atoms with Crippen molar-refractivity contribution in [3.8, 4) is 45.3 Å². The monoisotopic (exact) mass is 1070 g/mol. The molecule has 1 atom stereocenters. The molecule has 8 aromatic rings. The maximum atomic E-state index is 12.1. The molecule has 0 saturated carbocycles. The molecule has 8 aromatic carbocycles. The molecule has 9 rings (SSSR count). The van der Waals surface area contributed by atoms with E-state index in [4.69, 9.17) is 18.9 Å². The van der Waals surface area contributed by atoms with Gasteiger partial charge >= 0.3 is 68.9 Å². The van der Waals surface area contributed by atoms with Crippen LogP contribution in [0.4, 0.5) is 45.5 Å². The van der Waals surface area contributed by atoms with Crippen molar-refractivity contribution in [2.75, 3.05) is 49.7 Å². The SMILES string of the molecule is COc1ccc(N(c2ccc(OC)cc2)c2ccc(-c3ccc4c(c3)Sc3cc(-c5ccc(N(c6ccc(OC)cc6)c6ccc(OC)cc6)cc5)ccc3N4CCC(C)S(=O)(=O)[O-])cc2)cc1.[Cs+]. The number of benzene rings is 8. The second kappa shape index (κ2) is 22.2. The van der Waals surface area contributed by atoms with Crippen molar-refractivity contribution in [2.24, 2.45) is 0 Å². The molecular weight excluding hydrogens is 1020 g/mol. The fraction of sp³-hybridized carbons (Fsp3) is 0.143. The van der Waals surface area contributed by atoms with Crippen LogP contribution < -0.4 is 103 Å². The van der Waals surface area contributed by atoms with Crippen LogP contribution in [0.2, 0.25) is 0 Å². The van der Waals surface area contributed by atoms with E-state index in [0.717, 1.165) is 101 Å². The van der Waals surface area contributed by atoms with E-state index in [2.05, 4.69) is 99.6 Å². The summed E-state index contributed by atoms with van der Waals surface area (Å²) in [7, 11) is 2.18. The first-order valence-corrected chi connectivity index (χ1v) is 24.4. The molecule has 0 fully saturated rings. The number of methoxy groups -OCH3 is 4. The quantitative estimate of drug-likeness (QED) is 0.0864. The van der Waals surface area contributed by atoms with Gasteiger partial charge in [-0.05, 0) is 181 Å². The Balaban J connectivity index is 0.00000642. The zero-order chi connectivity index (χ0) is 47.4. The van der Waals surface area contributed by atoms with Crippen molar-refractivity contribution < 1.29 is 101 Å². The molecule has 0 aromatic heterocycles. The van der Waals surface area contributed by atoms with E-state index in [0.29, 0.717) is 6.54 Å². The van der Waals surface area contributed by atoms with Crippen LogP contribution >= 0.6 is 11.8 Å². The number of hydrogen-bond acceptors (Lipinski definition) is 11. The van der Waals surface area contributed by atoms with Gasteiger partial charge in [-0.15, -0.1) is 0 Å². The predicted octanol–water partition coefficient (Wildman–Crippen LogP) is 10.9. The van der Waals surface area contributed by atoms with E-state index in [-0.39, 0.29) is 75.3 Å². The maximum absolute atomic E-state index is 12.1. The smallest absolute Gasteiger partial charge is 0.748 e. The summed E-state index contributed by atoms with van der Waals surface area (Å²) in [4.78, 5) is 8.57. The summed E-state index contributed by atoms with van der Waals surface area (Å²) >= 11 is 1.68. The van der Waals surface area contributed by atoms with Gasteiger partial charge in [-0.3, -0.25) is 0 Å². The molecule has 0 spiro atoms. The minimum Gasteiger partial charge on any atom is -0.748 e. The second-order valence-corrected chi connectivity index (χ2v) is 19.1. The van der Waals surface area contributed by atoms with Crippen molar-refractivity contribution in [1.29, 1.82) is 0 Å². The topological polar surface area (TPSA) is 104 Å². The van der Waals surface area contributed by atoms with Crippen molar-refractivity contribution in [3.63, 3.8) is 0 Å². The van der Waals surface area contributed by atoms with Gasteiger partial charge in [-0.1, -0.05) is 48.2 Å². The summed E-state index contributed by atoms with van der Waals surface area (Å²) in [5.41, 5.74) is 11.9. The summed E-state index contributed by atoms with van der Waals surface area (Å²) in [6, 6.07) is 61.7. The summed E-state index contributed by atoms with van der Waals surface area (Å²) in [5.74, 6) is 3.11. The third-order valence-corrected chi connectivity index (χ3v) is 14.5.